The molecule has 2 aliphatic heterocycles. The first kappa shape index (κ1) is 21.4. The molecule has 12 atom stereocenters. The Labute approximate surface area is 193 Å². The molecule has 0 amide bonds. The standard InChI is InChI=1S/C27H42ClNO2/c1-15-4-7-25-27(3,31)21-6-5-17-18(20(21)14-29(25)13-15)11-22-19(17)12-24(30)23-10-16(28)8-9-26(22,23)2/h15-23,25,31H,4-14H2,1-3H3/t15-,16+,17-,18+,19-,20-,21+,22-,23+,25-,26+,27-/m0/s1. The first-order chi connectivity index (χ1) is 14.7. The molecule has 2 heterocycles. The van der Waals surface area contributed by atoms with Gasteiger partial charge in [-0.3, -0.25) is 9.69 Å². The Morgan fingerprint density at radius 3 is 2.55 bits per heavy atom. The summed E-state index contributed by atoms with van der Waals surface area (Å²) in [4.78, 5) is 16.0. The number of carbonyl (C=O) groups is 1. The lowest BCUT2D eigenvalue weighted by Gasteiger charge is -2.59. The number of hydrogen-bond acceptors (Lipinski definition) is 3. The normalized spacial score (nSPS) is 59.2. The molecule has 0 bridgehead atoms. The molecule has 0 aromatic carbocycles. The predicted molar refractivity (Wildman–Crippen MR) is 124 cm³/mol. The van der Waals surface area contributed by atoms with Crippen molar-refractivity contribution < 1.29 is 9.90 Å². The number of rotatable bonds is 0. The van der Waals surface area contributed by atoms with E-state index < -0.39 is 5.60 Å². The topological polar surface area (TPSA) is 40.5 Å². The van der Waals surface area contributed by atoms with E-state index in [-0.39, 0.29) is 16.7 Å². The van der Waals surface area contributed by atoms with Crippen molar-refractivity contribution in [2.24, 2.45) is 52.8 Å². The number of nitrogens with zero attached hydrogens (tertiary/aromatic N) is 1. The lowest BCUT2D eigenvalue weighted by molar-refractivity contribution is -0.175. The first-order valence-electron chi connectivity index (χ1n) is 13.3. The third-order valence-corrected chi connectivity index (χ3v) is 12.2. The van der Waals surface area contributed by atoms with E-state index in [4.69, 9.17) is 11.6 Å². The summed E-state index contributed by atoms with van der Waals surface area (Å²) in [5.74, 6) is 5.22. The van der Waals surface area contributed by atoms with Crippen molar-refractivity contribution >= 4 is 17.4 Å². The van der Waals surface area contributed by atoms with Gasteiger partial charge in [0.05, 0.1) is 5.60 Å². The summed E-state index contributed by atoms with van der Waals surface area (Å²) in [7, 11) is 0. The maximum absolute atomic E-state index is 13.3. The molecule has 1 N–H and O–H groups in total. The van der Waals surface area contributed by atoms with Crippen molar-refractivity contribution in [3.63, 3.8) is 0 Å². The maximum Gasteiger partial charge on any atom is 0.136 e. The second-order valence-corrected chi connectivity index (χ2v) is 13.8. The zero-order valence-electron chi connectivity index (χ0n) is 19.7. The van der Waals surface area contributed by atoms with Crippen LogP contribution in [0.4, 0.5) is 0 Å². The van der Waals surface area contributed by atoms with Crippen LogP contribution in [0, 0.1) is 52.8 Å². The van der Waals surface area contributed by atoms with Crippen LogP contribution in [0.15, 0.2) is 0 Å². The van der Waals surface area contributed by atoms with Crippen LogP contribution < -0.4 is 0 Å². The summed E-state index contributed by atoms with van der Waals surface area (Å²) in [6.45, 7) is 9.34. The minimum absolute atomic E-state index is 0.164. The van der Waals surface area contributed by atoms with E-state index in [1.54, 1.807) is 0 Å². The fraction of sp³-hybridized carbons (Fsp3) is 0.963. The quantitative estimate of drug-likeness (QED) is 0.523. The second-order valence-electron chi connectivity index (χ2n) is 13.2. The molecule has 4 saturated carbocycles. The molecule has 0 radical (unpaired) electrons. The number of carbonyl (C=O) groups excluding carboxylic acids is 1. The van der Waals surface area contributed by atoms with Crippen molar-refractivity contribution in [1.82, 2.24) is 4.90 Å². The Hall–Kier alpha value is -0.120. The molecule has 4 aliphatic carbocycles. The molecule has 4 heteroatoms. The molecule has 3 nitrogen and oxygen atoms in total. The van der Waals surface area contributed by atoms with E-state index in [0.717, 1.165) is 44.6 Å². The molecule has 0 unspecified atom stereocenters. The van der Waals surface area contributed by atoms with E-state index in [0.29, 0.717) is 47.3 Å². The molecule has 0 spiro atoms. The number of piperidine rings is 2. The summed E-state index contributed by atoms with van der Waals surface area (Å²) < 4.78 is 0. The van der Waals surface area contributed by atoms with Crippen LogP contribution in [0.3, 0.4) is 0 Å². The maximum atomic E-state index is 13.3. The van der Waals surface area contributed by atoms with Gasteiger partial charge in [-0.15, -0.1) is 11.6 Å². The average molecular weight is 448 g/mol. The Bertz CT molecular complexity index is 754. The third-order valence-electron chi connectivity index (χ3n) is 11.8. The third kappa shape index (κ3) is 3.01. The number of fused-ring (bicyclic) bond motifs is 8. The monoisotopic (exact) mass is 447 g/mol. The van der Waals surface area contributed by atoms with Crippen molar-refractivity contribution in [1.29, 1.82) is 0 Å². The molecule has 174 valence electrons. The summed E-state index contributed by atoms with van der Waals surface area (Å²) in [6, 6.07) is 0.354. The van der Waals surface area contributed by atoms with E-state index in [2.05, 4.69) is 25.7 Å². The van der Waals surface area contributed by atoms with Gasteiger partial charge in [0.25, 0.3) is 0 Å². The molecule has 6 fully saturated rings. The number of ketones is 1. The van der Waals surface area contributed by atoms with Crippen LogP contribution in [-0.2, 0) is 4.79 Å². The first-order valence-corrected chi connectivity index (χ1v) is 13.8. The Morgan fingerprint density at radius 1 is 0.935 bits per heavy atom. The molecular weight excluding hydrogens is 406 g/mol. The van der Waals surface area contributed by atoms with Gasteiger partial charge < -0.3 is 5.11 Å². The van der Waals surface area contributed by atoms with Crippen molar-refractivity contribution in [3.8, 4) is 0 Å². The number of alkyl halides is 1. The number of aliphatic hydroxyl groups is 1. The minimum atomic E-state index is -0.555. The van der Waals surface area contributed by atoms with Gasteiger partial charge in [0.15, 0.2) is 0 Å². The van der Waals surface area contributed by atoms with E-state index >= 15 is 0 Å². The van der Waals surface area contributed by atoms with Crippen LogP contribution in [-0.4, -0.2) is 45.9 Å². The molecule has 6 aliphatic rings. The van der Waals surface area contributed by atoms with Crippen LogP contribution in [0.1, 0.15) is 78.6 Å². The number of Topliss-reactive ketones (excluding diaryl/α,β-unsaturated/α-hetero) is 1. The van der Waals surface area contributed by atoms with Gasteiger partial charge in [-0.05, 0) is 105 Å². The van der Waals surface area contributed by atoms with Crippen molar-refractivity contribution in [3.05, 3.63) is 0 Å². The largest absolute Gasteiger partial charge is 0.388 e. The van der Waals surface area contributed by atoms with E-state index in [9.17, 15) is 9.90 Å². The van der Waals surface area contributed by atoms with Crippen LogP contribution in [0.25, 0.3) is 0 Å². The Kier molecular flexibility index (Phi) is 4.97. The zero-order valence-corrected chi connectivity index (χ0v) is 20.5. The summed E-state index contributed by atoms with van der Waals surface area (Å²) in [6.07, 6.45) is 10.0. The predicted octanol–water partition coefficient (Wildman–Crippen LogP) is 5.13. The molecular formula is C27H42ClNO2. The molecule has 0 aromatic heterocycles. The van der Waals surface area contributed by atoms with Gasteiger partial charge in [0.2, 0.25) is 0 Å². The highest BCUT2D eigenvalue weighted by Gasteiger charge is 2.64. The number of hydrogen-bond donors (Lipinski definition) is 1. The summed E-state index contributed by atoms with van der Waals surface area (Å²) >= 11 is 6.54. The molecule has 0 aromatic rings. The van der Waals surface area contributed by atoms with Crippen LogP contribution in [0.2, 0.25) is 0 Å². The van der Waals surface area contributed by atoms with E-state index in [1.165, 1.54) is 32.2 Å². The molecule has 31 heavy (non-hydrogen) atoms. The van der Waals surface area contributed by atoms with E-state index in [1.807, 2.05) is 0 Å². The summed E-state index contributed by atoms with van der Waals surface area (Å²) in [5, 5.41) is 12.0. The lowest BCUT2D eigenvalue weighted by Crippen LogP contribution is -2.67. The number of halogens is 1. The van der Waals surface area contributed by atoms with Gasteiger partial charge in [0, 0.05) is 36.8 Å². The van der Waals surface area contributed by atoms with Gasteiger partial charge >= 0.3 is 0 Å². The van der Waals surface area contributed by atoms with Gasteiger partial charge in [0.1, 0.15) is 5.78 Å². The highest BCUT2D eigenvalue weighted by Crippen LogP contribution is 2.66. The average Bonchev–Trinajstić information content (AvgIpc) is 3.09. The minimum Gasteiger partial charge on any atom is -0.388 e. The Balaban J connectivity index is 1.31. The molecule has 2 saturated heterocycles. The van der Waals surface area contributed by atoms with Crippen LogP contribution >= 0.6 is 11.6 Å². The summed E-state index contributed by atoms with van der Waals surface area (Å²) in [5.41, 5.74) is -0.391. The smallest absolute Gasteiger partial charge is 0.136 e. The second kappa shape index (κ2) is 7.19. The fourth-order valence-electron chi connectivity index (χ4n) is 10.3. The van der Waals surface area contributed by atoms with Crippen molar-refractivity contribution in [2.45, 2.75) is 95.6 Å². The van der Waals surface area contributed by atoms with Crippen LogP contribution in [0.5, 0.6) is 0 Å². The fourth-order valence-corrected chi connectivity index (χ4v) is 10.6. The van der Waals surface area contributed by atoms with Gasteiger partial charge in [-0.2, -0.15) is 0 Å². The van der Waals surface area contributed by atoms with Crippen molar-refractivity contribution in [2.75, 3.05) is 13.1 Å². The highest BCUT2D eigenvalue weighted by molar-refractivity contribution is 6.20. The van der Waals surface area contributed by atoms with Gasteiger partial charge in [-0.1, -0.05) is 13.8 Å². The van der Waals surface area contributed by atoms with Gasteiger partial charge in [-0.25, -0.2) is 0 Å². The lowest BCUT2D eigenvalue weighted by atomic mass is 9.52. The molecule has 6 rings (SSSR count). The SMILES string of the molecule is C[C@H]1CC[C@@H]2N(C1)C[C@H]1[C@@H]3C[C@H]4[C@@H](CC(=O)[C@H]5C[C@H](Cl)CC[C@@]54C)[C@H]3CC[C@H]1[C@]2(C)O. The zero-order chi connectivity index (χ0) is 21.7. The Morgan fingerprint density at radius 2 is 1.74 bits per heavy atom. The highest BCUT2D eigenvalue weighted by atomic mass is 35.5.